The van der Waals surface area contributed by atoms with Crippen LogP contribution in [0.25, 0.3) is 11.3 Å². The minimum atomic E-state index is -0.940. The molecule has 0 saturated heterocycles. The van der Waals surface area contributed by atoms with Crippen LogP contribution < -0.4 is 0 Å². The summed E-state index contributed by atoms with van der Waals surface area (Å²) in [5.41, 5.74) is 2.80. The smallest absolute Gasteiger partial charge is 0.335 e. The van der Waals surface area contributed by atoms with E-state index < -0.39 is 5.97 Å². The van der Waals surface area contributed by atoms with Crippen molar-refractivity contribution in [2.24, 2.45) is 5.41 Å². The van der Waals surface area contributed by atoms with E-state index in [0.29, 0.717) is 5.69 Å². The molecule has 1 aromatic heterocycles. The Kier molecular flexibility index (Phi) is 4.17. The zero-order valence-electron chi connectivity index (χ0n) is 13.4. The lowest BCUT2D eigenvalue weighted by atomic mass is 9.83. The fourth-order valence-corrected chi connectivity index (χ4v) is 2.68. The van der Waals surface area contributed by atoms with Crippen molar-refractivity contribution in [1.82, 2.24) is 15.0 Å². The van der Waals surface area contributed by atoms with Gasteiger partial charge in [-0.2, -0.15) is 0 Å². The van der Waals surface area contributed by atoms with E-state index in [-0.39, 0.29) is 17.0 Å². The molecule has 0 spiro atoms. The average Bonchev–Trinajstić information content (AvgIpc) is 2.85. The molecule has 2 rings (SSSR count). The average molecular weight is 299 g/mol. The molecule has 5 nitrogen and oxygen atoms in total. The molecule has 1 heterocycles. The second-order valence-corrected chi connectivity index (χ2v) is 6.58. The molecule has 0 aliphatic heterocycles. The largest absolute Gasteiger partial charge is 0.478 e. The maximum Gasteiger partial charge on any atom is 0.335 e. The third-order valence-electron chi connectivity index (χ3n) is 3.49. The van der Waals surface area contributed by atoms with Gasteiger partial charge in [0.15, 0.2) is 0 Å². The number of rotatable bonds is 4. The number of nitrogens with zero attached hydrogens (tertiary/aromatic N) is 3. The monoisotopic (exact) mass is 299 g/mol. The van der Waals surface area contributed by atoms with Crippen molar-refractivity contribution in [3.63, 3.8) is 0 Å². The molecule has 22 heavy (non-hydrogen) atoms. The predicted molar refractivity (Wildman–Crippen MR) is 85.7 cm³/mol. The van der Waals surface area contributed by atoms with Crippen molar-refractivity contribution in [3.05, 3.63) is 48.2 Å². The summed E-state index contributed by atoms with van der Waals surface area (Å²) in [5, 5.41) is 17.4. The molecule has 1 atom stereocenters. The summed E-state index contributed by atoms with van der Waals surface area (Å²) < 4.78 is 1.82. The molecular weight excluding hydrogens is 278 g/mol. The minimum absolute atomic E-state index is 0.0238. The number of allylic oxidation sites excluding steroid dienone is 1. The van der Waals surface area contributed by atoms with Crippen molar-refractivity contribution in [2.45, 2.75) is 33.7 Å². The fraction of sp³-hybridized carbons (Fsp3) is 0.353. The molecule has 0 bridgehead atoms. The summed E-state index contributed by atoms with van der Waals surface area (Å²) in [4.78, 5) is 10.9. The van der Waals surface area contributed by atoms with Crippen molar-refractivity contribution >= 4 is 5.97 Å². The molecule has 0 radical (unpaired) electrons. The number of benzene rings is 1. The Balaban J connectivity index is 2.35. The first kappa shape index (κ1) is 15.9. The van der Waals surface area contributed by atoms with E-state index in [4.69, 9.17) is 5.11 Å². The van der Waals surface area contributed by atoms with Gasteiger partial charge in [0.2, 0.25) is 0 Å². The molecule has 1 N–H and O–H groups in total. The molecule has 0 fully saturated rings. The van der Waals surface area contributed by atoms with Crippen LogP contribution in [0.5, 0.6) is 0 Å². The molecule has 0 aliphatic rings. The van der Waals surface area contributed by atoms with Gasteiger partial charge in [-0.1, -0.05) is 50.3 Å². The third kappa shape index (κ3) is 3.24. The van der Waals surface area contributed by atoms with Gasteiger partial charge >= 0.3 is 5.97 Å². The Morgan fingerprint density at radius 1 is 1.27 bits per heavy atom. The van der Waals surface area contributed by atoms with E-state index in [1.807, 2.05) is 17.8 Å². The maximum absolute atomic E-state index is 10.9. The van der Waals surface area contributed by atoms with Crippen LogP contribution in [0.1, 0.15) is 44.1 Å². The van der Waals surface area contributed by atoms with Crippen molar-refractivity contribution < 1.29 is 9.90 Å². The summed E-state index contributed by atoms with van der Waals surface area (Å²) in [6, 6.07) is 6.66. The molecule has 5 heteroatoms. The molecule has 2 aromatic rings. The molecule has 0 saturated carbocycles. The second kappa shape index (κ2) is 5.75. The highest BCUT2D eigenvalue weighted by atomic mass is 16.4. The number of hydrogen-bond acceptors (Lipinski definition) is 3. The van der Waals surface area contributed by atoms with Gasteiger partial charge in [0.05, 0.1) is 17.8 Å². The normalized spacial score (nSPS) is 12.9. The second-order valence-electron chi connectivity index (χ2n) is 6.58. The van der Waals surface area contributed by atoms with Crippen LogP contribution >= 0.6 is 0 Å². The van der Waals surface area contributed by atoms with Crippen LogP contribution in [-0.4, -0.2) is 26.1 Å². The van der Waals surface area contributed by atoms with E-state index in [0.717, 1.165) is 11.1 Å². The summed E-state index contributed by atoms with van der Waals surface area (Å²) in [5.74, 6) is -0.940. The summed E-state index contributed by atoms with van der Waals surface area (Å²) in [7, 11) is 0. The highest BCUT2D eigenvalue weighted by Crippen LogP contribution is 2.35. The minimum Gasteiger partial charge on any atom is -0.478 e. The standard InChI is InChI=1S/C17H21N3O2/c1-11(2)15(17(3,4)5)20-10-14(18-19-20)12-6-8-13(9-7-12)16(21)22/h6-10,15H,1H2,2-5H3,(H,21,22)/t15-/m1/s1. The van der Waals surface area contributed by atoms with E-state index >= 15 is 0 Å². The van der Waals surface area contributed by atoms with Gasteiger partial charge < -0.3 is 5.11 Å². The van der Waals surface area contributed by atoms with E-state index in [2.05, 4.69) is 37.7 Å². The Hall–Kier alpha value is -2.43. The first-order valence-corrected chi connectivity index (χ1v) is 7.11. The van der Waals surface area contributed by atoms with Crippen LogP contribution in [0.15, 0.2) is 42.6 Å². The number of carboxylic acid groups (broad SMARTS) is 1. The van der Waals surface area contributed by atoms with Crippen LogP contribution in [0, 0.1) is 5.41 Å². The van der Waals surface area contributed by atoms with E-state index in [9.17, 15) is 4.79 Å². The lowest BCUT2D eigenvalue weighted by molar-refractivity contribution is 0.0697. The third-order valence-corrected chi connectivity index (χ3v) is 3.49. The Morgan fingerprint density at radius 2 is 1.86 bits per heavy atom. The first-order valence-electron chi connectivity index (χ1n) is 7.11. The van der Waals surface area contributed by atoms with Crippen LogP contribution in [-0.2, 0) is 0 Å². The van der Waals surface area contributed by atoms with Gasteiger partial charge in [-0.3, -0.25) is 0 Å². The molecule has 0 unspecified atom stereocenters. The molecule has 116 valence electrons. The van der Waals surface area contributed by atoms with Gasteiger partial charge in [-0.25, -0.2) is 9.48 Å². The zero-order valence-corrected chi connectivity index (χ0v) is 13.4. The number of carboxylic acids is 1. The topological polar surface area (TPSA) is 68.0 Å². The number of aromatic carboxylic acids is 1. The molecule has 1 aromatic carbocycles. The number of hydrogen-bond donors (Lipinski definition) is 1. The zero-order chi connectivity index (χ0) is 16.5. The van der Waals surface area contributed by atoms with Gasteiger partial charge in [0, 0.05) is 5.56 Å². The van der Waals surface area contributed by atoms with Crippen LogP contribution in [0.4, 0.5) is 0 Å². The van der Waals surface area contributed by atoms with Crippen LogP contribution in [0.3, 0.4) is 0 Å². The quantitative estimate of drug-likeness (QED) is 0.872. The summed E-state index contributed by atoms with van der Waals surface area (Å²) in [6.45, 7) is 12.4. The Morgan fingerprint density at radius 3 is 2.32 bits per heavy atom. The molecule has 0 amide bonds. The number of aromatic nitrogens is 3. The predicted octanol–water partition coefficient (Wildman–Crippen LogP) is 3.81. The maximum atomic E-state index is 10.9. The summed E-state index contributed by atoms with van der Waals surface area (Å²) >= 11 is 0. The lowest BCUT2D eigenvalue weighted by Crippen LogP contribution is -2.25. The molecular formula is C17H21N3O2. The first-order chi connectivity index (χ1) is 10.2. The van der Waals surface area contributed by atoms with E-state index in [1.54, 1.807) is 24.3 Å². The fourth-order valence-electron chi connectivity index (χ4n) is 2.68. The molecule has 0 aliphatic carbocycles. The summed E-state index contributed by atoms with van der Waals surface area (Å²) in [6.07, 6.45) is 1.88. The lowest BCUT2D eigenvalue weighted by Gasteiger charge is -2.30. The van der Waals surface area contributed by atoms with Gasteiger partial charge in [0.1, 0.15) is 5.69 Å². The van der Waals surface area contributed by atoms with Crippen molar-refractivity contribution in [2.75, 3.05) is 0 Å². The SMILES string of the molecule is C=C(C)[C@@H](n1cc(-c2ccc(C(=O)O)cc2)nn1)C(C)(C)C. The van der Waals surface area contributed by atoms with Crippen molar-refractivity contribution in [3.8, 4) is 11.3 Å². The Labute approximate surface area is 130 Å². The van der Waals surface area contributed by atoms with Crippen molar-refractivity contribution in [1.29, 1.82) is 0 Å². The Bertz CT molecular complexity index is 693. The highest BCUT2D eigenvalue weighted by molar-refractivity contribution is 5.88. The van der Waals surface area contributed by atoms with Gasteiger partial charge in [-0.15, -0.1) is 5.10 Å². The number of carbonyl (C=O) groups is 1. The van der Waals surface area contributed by atoms with E-state index in [1.165, 1.54) is 0 Å². The highest BCUT2D eigenvalue weighted by Gasteiger charge is 2.28. The van der Waals surface area contributed by atoms with Gasteiger partial charge in [0.25, 0.3) is 0 Å². The van der Waals surface area contributed by atoms with Gasteiger partial charge in [-0.05, 0) is 24.5 Å². The van der Waals surface area contributed by atoms with Crippen LogP contribution in [0.2, 0.25) is 0 Å².